The molecule has 2 fully saturated rings. The summed E-state index contributed by atoms with van der Waals surface area (Å²) >= 11 is 0. The lowest BCUT2D eigenvalue weighted by Gasteiger charge is -2.36. The molecule has 2 rings (SSSR count). The third-order valence-corrected chi connectivity index (χ3v) is 4.09. The molecule has 5 heteroatoms. The molecule has 0 bridgehead atoms. The van der Waals surface area contributed by atoms with Crippen molar-refractivity contribution in [2.45, 2.75) is 44.8 Å². The van der Waals surface area contributed by atoms with Crippen LogP contribution in [0.15, 0.2) is 0 Å². The first kappa shape index (κ1) is 13.8. The number of hydrogen-bond acceptors (Lipinski definition) is 4. The predicted molar refractivity (Wildman–Crippen MR) is 70.5 cm³/mol. The highest BCUT2D eigenvalue weighted by molar-refractivity contribution is 5.82. The van der Waals surface area contributed by atoms with Gasteiger partial charge in [0.1, 0.15) is 0 Å². The molecular weight excluding hydrogens is 230 g/mol. The summed E-state index contributed by atoms with van der Waals surface area (Å²) in [6.45, 7) is 8.76. The minimum absolute atomic E-state index is 0.0179. The van der Waals surface area contributed by atoms with E-state index in [1.807, 2.05) is 0 Å². The molecule has 2 aliphatic rings. The van der Waals surface area contributed by atoms with E-state index in [9.17, 15) is 4.79 Å². The van der Waals surface area contributed by atoms with Crippen LogP contribution in [0.1, 0.15) is 26.7 Å². The van der Waals surface area contributed by atoms with E-state index >= 15 is 0 Å². The number of amides is 1. The Morgan fingerprint density at radius 3 is 2.72 bits per heavy atom. The van der Waals surface area contributed by atoms with Crippen LogP contribution in [-0.4, -0.2) is 61.8 Å². The Balaban J connectivity index is 1.78. The first-order chi connectivity index (χ1) is 8.68. The Labute approximate surface area is 109 Å². The Bertz CT molecular complexity index is 273. The van der Waals surface area contributed by atoms with Gasteiger partial charge < -0.3 is 15.4 Å². The van der Waals surface area contributed by atoms with Crippen LogP contribution in [0.4, 0.5) is 0 Å². The van der Waals surface area contributed by atoms with Crippen LogP contribution in [0, 0.1) is 0 Å². The van der Waals surface area contributed by atoms with E-state index in [0.29, 0.717) is 6.04 Å². The van der Waals surface area contributed by atoms with Crippen molar-refractivity contribution < 1.29 is 9.53 Å². The SMILES string of the molecule is CC(NC(=O)[C@@H]1CCCN1)C(C)N1CCOCC1. The van der Waals surface area contributed by atoms with Crippen molar-refractivity contribution in [3.8, 4) is 0 Å². The molecule has 2 heterocycles. The Kier molecular flexibility index (Phi) is 4.97. The van der Waals surface area contributed by atoms with Crippen LogP contribution in [0.5, 0.6) is 0 Å². The summed E-state index contributed by atoms with van der Waals surface area (Å²) < 4.78 is 5.35. The molecule has 0 saturated carbocycles. The molecule has 1 amide bonds. The van der Waals surface area contributed by atoms with Gasteiger partial charge in [0.15, 0.2) is 0 Å². The van der Waals surface area contributed by atoms with Crippen molar-refractivity contribution in [1.82, 2.24) is 15.5 Å². The van der Waals surface area contributed by atoms with Crippen LogP contribution in [-0.2, 0) is 9.53 Å². The molecule has 0 radical (unpaired) electrons. The van der Waals surface area contributed by atoms with Crippen molar-refractivity contribution >= 4 is 5.91 Å². The quantitative estimate of drug-likeness (QED) is 0.740. The fourth-order valence-corrected chi connectivity index (χ4v) is 2.65. The van der Waals surface area contributed by atoms with Gasteiger partial charge in [-0.05, 0) is 33.2 Å². The lowest BCUT2D eigenvalue weighted by Crippen LogP contribution is -2.54. The zero-order valence-electron chi connectivity index (χ0n) is 11.4. The monoisotopic (exact) mass is 255 g/mol. The summed E-state index contributed by atoms with van der Waals surface area (Å²) in [4.78, 5) is 14.4. The van der Waals surface area contributed by atoms with E-state index in [1.54, 1.807) is 0 Å². The molecule has 0 aliphatic carbocycles. The maximum Gasteiger partial charge on any atom is 0.237 e. The highest BCUT2D eigenvalue weighted by Gasteiger charge is 2.27. The first-order valence-electron chi connectivity index (χ1n) is 7.04. The number of hydrogen-bond donors (Lipinski definition) is 2. The molecule has 0 aromatic carbocycles. The third kappa shape index (κ3) is 3.43. The molecule has 2 aliphatic heterocycles. The predicted octanol–water partition coefficient (Wildman–Crippen LogP) is -0.0362. The number of carbonyl (C=O) groups excluding carboxylic acids is 1. The van der Waals surface area contributed by atoms with Crippen molar-refractivity contribution in [3.63, 3.8) is 0 Å². The van der Waals surface area contributed by atoms with Gasteiger partial charge in [-0.25, -0.2) is 0 Å². The van der Waals surface area contributed by atoms with E-state index < -0.39 is 0 Å². The minimum atomic E-state index is 0.0179. The van der Waals surface area contributed by atoms with Crippen molar-refractivity contribution in [2.75, 3.05) is 32.8 Å². The molecule has 18 heavy (non-hydrogen) atoms. The zero-order valence-corrected chi connectivity index (χ0v) is 11.4. The number of nitrogens with zero attached hydrogens (tertiary/aromatic N) is 1. The Morgan fingerprint density at radius 1 is 1.39 bits per heavy atom. The van der Waals surface area contributed by atoms with Gasteiger partial charge in [0.05, 0.1) is 19.3 Å². The average molecular weight is 255 g/mol. The fraction of sp³-hybridized carbons (Fsp3) is 0.923. The van der Waals surface area contributed by atoms with E-state index in [2.05, 4.69) is 29.4 Å². The number of rotatable bonds is 4. The largest absolute Gasteiger partial charge is 0.379 e. The molecule has 0 aromatic heterocycles. The molecule has 0 aromatic rings. The molecular formula is C13H25N3O2. The molecule has 2 saturated heterocycles. The third-order valence-electron chi connectivity index (χ3n) is 4.09. The van der Waals surface area contributed by atoms with E-state index in [1.165, 1.54) is 0 Å². The smallest absolute Gasteiger partial charge is 0.237 e. The van der Waals surface area contributed by atoms with Crippen LogP contribution < -0.4 is 10.6 Å². The second-order valence-corrected chi connectivity index (χ2v) is 5.34. The van der Waals surface area contributed by atoms with Gasteiger partial charge in [-0.3, -0.25) is 9.69 Å². The van der Waals surface area contributed by atoms with Crippen LogP contribution in [0.25, 0.3) is 0 Å². The second-order valence-electron chi connectivity index (χ2n) is 5.34. The summed E-state index contributed by atoms with van der Waals surface area (Å²) in [5.74, 6) is 0.153. The number of nitrogens with one attached hydrogen (secondary N) is 2. The van der Waals surface area contributed by atoms with Crippen molar-refractivity contribution in [2.24, 2.45) is 0 Å². The summed E-state index contributed by atoms with van der Waals surface area (Å²) in [7, 11) is 0. The summed E-state index contributed by atoms with van der Waals surface area (Å²) in [5.41, 5.74) is 0. The van der Waals surface area contributed by atoms with E-state index in [4.69, 9.17) is 4.74 Å². The molecule has 2 N–H and O–H groups in total. The Hall–Kier alpha value is -0.650. The highest BCUT2D eigenvalue weighted by atomic mass is 16.5. The van der Waals surface area contributed by atoms with E-state index in [-0.39, 0.29) is 18.0 Å². The molecule has 5 nitrogen and oxygen atoms in total. The van der Waals surface area contributed by atoms with E-state index in [0.717, 1.165) is 45.7 Å². The van der Waals surface area contributed by atoms with Gasteiger partial charge in [0.2, 0.25) is 5.91 Å². The lowest BCUT2D eigenvalue weighted by molar-refractivity contribution is -0.124. The molecule has 0 spiro atoms. The normalized spacial score (nSPS) is 28.9. The van der Waals surface area contributed by atoms with Crippen LogP contribution >= 0.6 is 0 Å². The first-order valence-corrected chi connectivity index (χ1v) is 7.04. The molecule has 2 unspecified atom stereocenters. The summed E-state index contributed by atoms with van der Waals surface area (Å²) in [5, 5.41) is 6.37. The average Bonchev–Trinajstić information content (AvgIpc) is 2.92. The molecule has 104 valence electrons. The van der Waals surface area contributed by atoms with Gasteiger partial charge in [-0.2, -0.15) is 0 Å². The van der Waals surface area contributed by atoms with Crippen LogP contribution in [0.3, 0.4) is 0 Å². The zero-order chi connectivity index (χ0) is 13.0. The maximum absolute atomic E-state index is 12.0. The number of morpholine rings is 1. The van der Waals surface area contributed by atoms with Crippen LogP contribution in [0.2, 0.25) is 0 Å². The fourth-order valence-electron chi connectivity index (χ4n) is 2.65. The maximum atomic E-state index is 12.0. The Morgan fingerprint density at radius 2 is 2.11 bits per heavy atom. The van der Waals surface area contributed by atoms with Gasteiger partial charge in [0, 0.05) is 25.2 Å². The van der Waals surface area contributed by atoms with Gasteiger partial charge >= 0.3 is 0 Å². The second kappa shape index (κ2) is 6.50. The number of carbonyl (C=O) groups is 1. The lowest BCUT2D eigenvalue weighted by atomic mass is 10.1. The van der Waals surface area contributed by atoms with Gasteiger partial charge in [-0.15, -0.1) is 0 Å². The standard InChI is InChI=1S/C13H25N3O2/c1-10(11(2)16-6-8-18-9-7-16)15-13(17)12-4-3-5-14-12/h10-12,14H,3-9H2,1-2H3,(H,15,17)/t10?,11?,12-/m0/s1. The highest BCUT2D eigenvalue weighted by Crippen LogP contribution is 2.09. The van der Waals surface area contributed by atoms with Crippen molar-refractivity contribution in [3.05, 3.63) is 0 Å². The van der Waals surface area contributed by atoms with Gasteiger partial charge in [0.25, 0.3) is 0 Å². The van der Waals surface area contributed by atoms with Gasteiger partial charge in [-0.1, -0.05) is 0 Å². The summed E-state index contributed by atoms with van der Waals surface area (Å²) in [6, 6.07) is 0.557. The van der Waals surface area contributed by atoms with Crippen molar-refractivity contribution in [1.29, 1.82) is 0 Å². The summed E-state index contributed by atoms with van der Waals surface area (Å²) in [6.07, 6.45) is 2.07. The molecule has 3 atom stereocenters. The number of ether oxygens (including phenoxy) is 1. The minimum Gasteiger partial charge on any atom is -0.379 e. The topological polar surface area (TPSA) is 53.6 Å².